The maximum absolute atomic E-state index is 12.8. The lowest BCUT2D eigenvalue weighted by Crippen LogP contribution is -2.42. The summed E-state index contributed by atoms with van der Waals surface area (Å²) in [4.78, 5) is 17.1. The molecule has 2 aromatic rings. The lowest BCUT2D eigenvalue weighted by atomic mass is 10.2. The van der Waals surface area contributed by atoms with E-state index in [1.165, 1.54) is 19.4 Å². The van der Waals surface area contributed by atoms with E-state index >= 15 is 0 Å². The van der Waals surface area contributed by atoms with E-state index < -0.39 is 21.7 Å². The number of carbonyl (C=O) groups excluding carboxylic acids is 1. The Balaban J connectivity index is 2.25. The van der Waals surface area contributed by atoms with E-state index in [0.717, 1.165) is 16.2 Å². The summed E-state index contributed by atoms with van der Waals surface area (Å²) < 4.78 is 25.6. The van der Waals surface area contributed by atoms with E-state index in [1.54, 1.807) is 6.07 Å². The maximum Gasteiger partial charge on any atom is 0.318 e. The summed E-state index contributed by atoms with van der Waals surface area (Å²) in [5.74, 6) is -0.445. The topological polar surface area (TPSA) is 91.4 Å². The second-order valence-electron chi connectivity index (χ2n) is 6.41. The molecule has 1 aromatic carbocycles. The predicted molar refractivity (Wildman–Crippen MR) is 102 cm³/mol. The number of aromatic nitrogens is 1. The SMILES string of the molecule is Cc1cccc(Nc2ccncc2S(=O)(=O)CN(C)C(=O)NC(C)C)c1. The number of nitrogens with one attached hydrogen (secondary N) is 2. The first kappa shape index (κ1) is 19.7. The number of pyridine rings is 1. The summed E-state index contributed by atoms with van der Waals surface area (Å²) in [5.41, 5.74) is 2.25. The zero-order valence-corrected chi connectivity index (χ0v) is 16.2. The number of hydrogen-bond acceptors (Lipinski definition) is 5. The molecular weight excluding hydrogens is 352 g/mol. The minimum absolute atomic E-state index is 0.0469. The summed E-state index contributed by atoms with van der Waals surface area (Å²) in [7, 11) is -2.32. The molecule has 0 radical (unpaired) electrons. The van der Waals surface area contributed by atoms with Crippen molar-refractivity contribution in [2.24, 2.45) is 0 Å². The van der Waals surface area contributed by atoms with Crippen molar-refractivity contribution in [1.29, 1.82) is 0 Å². The molecule has 0 saturated carbocycles. The molecule has 2 amide bonds. The molecule has 0 spiro atoms. The second-order valence-corrected chi connectivity index (χ2v) is 8.34. The average Bonchev–Trinajstić information content (AvgIpc) is 2.54. The number of carbonyl (C=O) groups is 1. The molecule has 0 bridgehead atoms. The zero-order chi connectivity index (χ0) is 19.3. The molecule has 0 saturated heterocycles. The number of nitrogens with zero attached hydrogens (tertiary/aromatic N) is 2. The Morgan fingerprint density at radius 1 is 1.27 bits per heavy atom. The molecule has 0 atom stereocenters. The van der Waals surface area contributed by atoms with Crippen molar-refractivity contribution in [3.05, 3.63) is 48.3 Å². The van der Waals surface area contributed by atoms with Crippen LogP contribution in [0, 0.1) is 6.92 Å². The van der Waals surface area contributed by atoms with Crippen molar-refractivity contribution < 1.29 is 13.2 Å². The Morgan fingerprint density at radius 2 is 2.00 bits per heavy atom. The molecular formula is C18H24N4O3S. The van der Waals surface area contributed by atoms with Crippen molar-refractivity contribution >= 4 is 27.2 Å². The van der Waals surface area contributed by atoms with Crippen LogP contribution in [0.25, 0.3) is 0 Å². The van der Waals surface area contributed by atoms with Gasteiger partial charge in [-0.1, -0.05) is 12.1 Å². The fourth-order valence-electron chi connectivity index (χ4n) is 2.35. The van der Waals surface area contributed by atoms with Gasteiger partial charge in [0.15, 0.2) is 9.84 Å². The van der Waals surface area contributed by atoms with Gasteiger partial charge in [0.1, 0.15) is 10.8 Å². The summed E-state index contributed by atoms with van der Waals surface area (Å²) in [6.45, 7) is 5.58. The van der Waals surface area contributed by atoms with Crippen LogP contribution in [0.5, 0.6) is 0 Å². The normalized spacial score (nSPS) is 11.3. The maximum atomic E-state index is 12.8. The standard InChI is InChI=1S/C18H24N4O3S/c1-13(2)20-18(23)22(4)12-26(24,25)17-11-19-9-8-16(17)21-15-7-5-6-14(3)10-15/h5-11,13H,12H2,1-4H3,(H,19,21)(H,20,23). The molecule has 26 heavy (non-hydrogen) atoms. The van der Waals surface area contributed by atoms with Crippen LogP contribution in [0.4, 0.5) is 16.2 Å². The van der Waals surface area contributed by atoms with Crippen LogP contribution in [-0.4, -0.2) is 43.3 Å². The summed E-state index contributed by atoms with van der Waals surface area (Å²) in [5, 5.41) is 5.78. The molecule has 7 nitrogen and oxygen atoms in total. The van der Waals surface area contributed by atoms with Gasteiger partial charge >= 0.3 is 6.03 Å². The van der Waals surface area contributed by atoms with Gasteiger partial charge in [-0.15, -0.1) is 0 Å². The number of sulfone groups is 1. The monoisotopic (exact) mass is 376 g/mol. The lowest BCUT2D eigenvalue weighted by molar-refractivity contribution is 0.212. The first-order valence-corrected chi connectivity index (χ1v) is 9.86. The number of rotatable bonds is 6. The van der Waals surface area contributed by atoms with Gasteiger partial charge in [0.25, 0.3) is 0 Å². The highest BCUT2D eigenvalue weighted by atomic mass is 32.2. The first-order valence-electron chi connectivity index (χ1n) is 8.21. The molecule has 8 heteroatoms. The van der Waals surface area contributed by atoms with Gasteiger partial charge in [0, 0.05) is 31.2 Å². The van der Waals surface area contributed by atoms with Crippen LogP contribution in [0.3, 0.4) is 0 Å². The lowest BCUT2D eigenvalue weighted by Gasteiger charge is -2.20. The molecule has 1 heterocycles. The fourth-order valence-corrected chi connectivity index (χ4v) is 3.79. The first-order chi connectivity index (χ1) is 12.2. The quantitative estimate of drug-likeness (QED) is 0.809. The van der Waals surface area contributed by atoms with Gasteiger partial charge in [-0.3, -0.25) is 4.98 Å². The highest BCUT2D eigenvalue weighted by Gasteiger charge is 2.24. The van der Waals surface area contributed by atoms with Crippen LogP contribution in [-0.2, 0) is 9.84 Å². The average molecular weight is 376 g/mol. The Labute approximate surface area is 154 Å². The van der Waals surface area contributed by atoms with Crippen LogP contribution < -0.4 is 10.6 Å². The van der Waals surface area contributed by atoms with Crippen LogP contribution in [0.1, 0.15) is 19.4 Å². The van der Waals surface area contributed by atoms with E-state index in [-0.39, 0.29) is 10.9 Å². The highest BCUT2D eigenvalue weighted by molar-refractivity contribution is 7.91. The zero-order valence-electron chi connectivity index (χ0n) is 15.4. The molecule has 140 valence electrons. The largest absolute Gasteiger partial charge is 0.354 e. The number of anilines is 2. The Bertz CT molecular complexity index is 882. The minimum atomic E-state index is -3.76. The predicted octanol–water partition coefficient (Wildman–Crippen LogP) is 2.91. The molecule has 0 unspecified atom stereocenters. The molecule has 0 aliphatic heterocycles. The number of amides is 2. The number of urea groups is 1. The van der Waals surface area contributed by atoms with Gasteiger partial charge < -0.3 is 15.5 Å². The van der Waals surface area contributed by atoms with E-state index in [9.17, 15) is 13.2 Å². The van der Waals surface area contributed by atoms with Crippen molar-refractivity contribution in [2.45, 2.75) is 31.7 Å². The van der Waals surface area contributed by atoms with Crippen LogP contribution >= 0.6 is 0 Å². The van der Waals surface area contributed by atoms with E-state index in [4.69, 9.17) is 0 Å². The number of benzene rings is 1. The molecule has 0 aliphatic rings. The van der Waals surface area contributed by atoms with E-state index in [1.807, 2.05) is 45.0 Å². The van der Waals surface area contributed by atoms with Crippen LogP contribution in [0.15, 0.2) is 47.6 Å². The summed E-state index contributed by atoms with van der Waals surface area (Å²) in [6, 6.07) is 8.69. The number of aryl methyl sites for hydroxylation is 1. The Morgan fingerprint density at radius 3 is 2.65 bits per heavy atom. The Hall–Kier alpha value is -2.61. The smallest absolute Gasteiger partial charge is 0.318 e. The molecule has 2 N–H and O–H groups in total. The molecule has 0 fully saturated rings. The van der Waals surface area contributed by atoms with Crippen molar-refractivity contribution in [3.8, 4) is 0 Å². The minimum Gasteiger partial charge on any atom is -0.354 e. The van der Waals surface area contributed by atoms with Gasteiger partial charge in [-0.25, -0.2) is 13.2 Å². The number of hydrogen-bond donors (Lipinski definition) is 2. The molecule has 1 aromatic heterocycles. The van der Waals surface area contributed by atoms with Crippen LogP contribution in [0.2, 0.25) is 0 Å². The van der Waals surface area contributed by atoms with Gasteiger partial charge in [-0.05, 0) is 44.5 Å². The van der Waals surface area contributed by atoms with E-state index in [2.05, 4.69) is 15.6 Å². The van der Waals surface area contributed by atoms with Gasteiger partial charge in [0.2, 0.25) is 0 Å². The second kappa shape index (κ2) is 8.18. The van der Waals surface area contributed by atoms with Crippen molar-refractivity contribution in [1.82, 2.24) is 15.2 Å². The third kappa shape index (κ3) is 5.19. The van der Waals surface area contributed by atoms with Crippen molar-refractivity contribution in [2.75, 3.05) is 18.2 Å². The Kier molecular flexibility index (Phi) is 6.20. The highest BCUT2D eigenvalue weighted by Crippen LogP contribution is 2.25. The summed E-state index contributed by atoms with van der Waals surface area (Å²) >= 11 is 0. The molecule has 0 aliphatic carbocycles. The fraction of sp³-hybridized carbons (Fsp3) is 0.333. The van der Waals surface area contributed by atoms with E-state index in [0.29, 0.717) is 5.69 Å². The third-order valence-electron chi connectivity index (χ3n) is 3.54. The van der Waals surface area contributed by atoms with Gasteiger partial charge in [0.05, 0.1) is 5.69 Å². The van der Waals surface area contributed by atoms with Gasteiger partial charge in [-0.2, -0.15) is 0 Å². The molecule has 2 rings (SSSR count). The summed E-state index contributed by atoms with van der Waals surface area (Å²) in [6.07, 6.45) is 2.81. The van der Waals surface area contributed by atoms with Crippen molar-refractivity contribution in [3.63, 3.8) is 0 Å². The third-order valence-corrected chi connectivity index (χ3v) is 5.26.